The van der Waals surface area contributed by atoms with Gasteiger partial charge in [0.2, 0.25) is 0 Å². The zero-order chi connectivity index (χ0) is 11.1. The summed E-state index contributed by atoms with van der Waals surface area (Å²) in [5.41, 5.74) is -0.741. The van der Waals surface area contributed by atoms with Crippen LogP contribution in [-0.4, -0.2) is 6.54 Å². The predicted molar refractivity (Wildman–Crippen MR) is 46.8 cm³/mol. The summed E-state index contributed by atoms with van der Waals surface area (Å²) in [7, 11) is 0. The first-order valence-corrected chi connectivity index (χ1v) is 4.58. The second-order valence-electron chi connectivity index (χ2n) is 3.52. The van der Waals surface area contributed by atoms with Crippen LogP contribution in [0.1, 0.15) is 23.6 Å². The van der Waals surface area contributed by atoms with E-state index in [9.17, 15) is 17.6 Å². The van der Waals surface area contributed by atoms with E-state index in [0.717, 1.165) is 18.2 Å². The van der Waals surface area contributed by atoms with Gasteiger partial charge in [0.1, 0.15) is 5.82 Å². The van der Waals surface area contributed by atoms with Crippen molar-refractivity contribution < 1.29 is 17.6 Å². The van der Waals surface area contributed by atoms with Crippen molar-refractivity contribution in [3.8, 4) is 0 Å². The van der Waals surface area contributed by atoms with Crippen LogP contribution in [0.15, 0.2) is 18.2 Å². The van der Waals surface area contributed by atoms with E-state index in [2.05, 4.69) is 5.32 Å². The van der Waals surface area contributed by atoms with E-state index in [1.165, 1.54) is 0 Å². The summed E-state index contributed by atoms with van der Waals surface area (Å²) in [6, 6.07) is 2.23. The average molecular weight is 219 g/mol. The van der Waals surface area contributed by atoms with Crippen LogP contribution >= 0.6 is 0 Å². The van der Waals surface area contributed by atoms with Crippen molar-refractivity contribution in [2.75, 3.05) is 6.54 Å². The van der Waals surface area contributed by atoms with Gasteiger partial charge in [-0.25, -0.2) is 4.39 Å². The number of nitrogens with one attached hydrogen (secondary N) is 1. The minimum atomic E-state index is -4.42. The fourth-order valence-corrected chi connectivity index (χ4v) is 1.63. The number of hydrogen-bond donors (Lipinski definition) is 1. The Morgan fingerprint density at radius 3 is 2.40 bits per heavy atom. The maximum absolute atomic E-state index is 12.9. The topological polar surface area (TPSA) is 12.0 Å². The molecule has 5 heteroatoms. The van der Waals surface area contributed by atoms with E-state index in [1.54, 1.807) is 0 Å². The second kappa shape index (κ2) is 3.48. The largest absolute Gasteiger partial charge is 0.416 e. The SMILES string of the molecule is Fc1ccc(C(F)(F)F)c(C2CCN2)c1. The van der Waals surface area contributed by atoms with Crippen LogP contribution in [0, 0.1) is 5.82 Å². The van der Waals surface area contributed by atoms with Crippen LogP contribution in [0.4, 0.5) is 17.6 Å². The van der Waals surface area contributed by atoms with Gasteiger partial charge < -0.3 is 5.32 Å². The van der Waals surface area contributed by atoms with Crippen LogP contribution in [-0.2, 0) is 6.18 Å². The predicted octanol–water partition coefficient (Wildman–Crippen LogP) is 2.88. The minimum absolute atomic E-state index is 0.00810. The van der Waals surface area contributed by atoms with Crippen LogP contribution in [0.2, 0.25) is 0 Å². The highest BCUT2D eigenvalue weighted by Crippen LogP contribution is 2.37. The third kappa shape index (κ3) is 1.97. The van der Waals surface area contributed by atoms with E-state index >= 15 is 0 Å². The zero-order valence-electron chi connectivity index (χ0n) is 7.74. The molecule has 0 radical (unpaired) electrons. The fourth-order valence-electron chi connectivity index (χ4n) is 1.63. The number of benzene rings is 1. The van der Waals surface area contributed by atoms with E-state index in [0.29, 0.717) is 13.0 Å². The molecule has 1 heterocycles. The van der Waals surface area contributed by atoms with Crippen molar-refractivity contribution in [2.45, 2.75) is 18.6 Å². The molecule has 1 aromatic rings. The molecule has 1 N–H and O–H groups in total. The van der Waals surface area contributed by atoms with Gasteiger partial charge >= 0.3 is 6.18 Å². The molecule has 1 aliphatic heterocycles. The molecule has 82 valence electrons. The third-order valence-corrected chi connectivity index (χ3v) is 2.52. The number of rotatable bonds is 1. The number of alkyl halides is 3. The third-order valence-electron chi connectivity index (χ3n) is 2.52. The van der Waals surface area contributed by atoms with Crippen molar-refractivity contribution in [3.05, 3.63) is 35.1 Å². The van der Waals surface area contributed by atoms with Crippen molar-refractivity contribution in [1.29, 1.82) is 0 Å². The lowest BCUT2D eigenvalue weighted by Crippen LogP contribution is -2.36. The highest BCUT2D eigenvalue weighted by molar-refractivity contribution is 5.34. The maximum atomic E-state index is 12.9. The van der Waals surface area contributed by atoms with Gasteiger partial charge in [-0.15, -0.1) is 0 Å². The van der Waals surface area contributed by atoms with Crippen LogP contribution in [0.25, 0.3) is 0 Å². The summed E-state index contributed by atoms with van der Waals surface area (Å²) in [4.78, 5) is 0. The van der Waals surface area contributed by atoms with Gasteiger partial charge in [-0.05, 0) is 36.7 Å². The molecule has 1 saturated heterocycles. The zero-order valence-corrected chi connectivity index (χ0v) is 7.74. The lowest BCUT2D eigenvalue weighted by molar-refractivity contribution is -0.138. The van der Waals surface area contributed by atoms with E-state index < -0.39 is 17.6 Å². The second-order valence-corrected chi connectivity index (χ2v) is 3.52. The molecule has 0 bridgehead atoms. The first-order chi connectivity index (χ1) is 6.98. The molecule has 1 nitrogen and oxygen atoms in total. The van der Waals surface area contributed by atoms with Crippen molar-refractivity contribution in [2.24, 2.45) is 0 Å². The molecular weight excluding hydrogens is 210 g/mol. The summed E-state index contributed by atoms with van der Waals surface area (Å²) >= 11 is 0. The molecule has 1 aliphatic rings. The summed E-state index contributed by atoms with van der Waals surface area (Å²) in [6.07, 6.45) is -3.80. The van der Waals surface area contributed by atoms with Crippen LogP contribution in [0.5, 0.6) is 0 Å². The Hall–Kier alpha value is -1.10. The smallest absolute Gasteiger partial charge is 0.310 e. The Kier molecular flexibility index (Phi) is 2.42. The molecule has 15 heavy (non-hydrogen) atoms. The molecule has 1 atom stereocenters. The first-order valence-electron chi connectivity index (χ1n) is 4.58. The fraction of sp³-hybridized carbons (Fsp3) is 0.400. The average Bonchev–Trinajstić information content (AvgIpc) is 1.98. The molecule has 1 aromatic carbocycles. The Balaban J connectivity index is 2.44. The van der Waals surface area contributed by atoms with Gasteiger partial charge in [-0.3, -0.25) is 0 Å². The Labute approximate surface area is 84.1 Å². The van der Waals surface area contributed by atoms with Crippen molar-refractivity contribution in [3.63, 3.8) is 0 Å². The summed E-state index contributed by atoms with van der Waals surface area (Å²) in [5.74, 6) is -0.633. The standard InChI is InChI=1S/C10H9F4N/c11-6-1-2-8(10(12,13)14)7(5-6)9-3-4-15-9/h1-2,5,9,15H,3-4H2. The maximum Gasteiger partial charge on any atom is 0.416 e. The lowest BCUT2D eigenvalue weighted by atomic mass is 9.93. The highest BCUT2D eigenvalue weighted by atomic mass is 19.4. The van der Waals surface area contributed by atoms with Crippen LogP contribution < -0.4 is 5.32 Å². The molecule has 2 rings (SSSR count). The summed E-state index contributed by atoms with van der Waals surface area (Å²) < 4.78 is 50.5. The normalized spacial score (nSPS) is 21.2. The summed E-state index contributed by atoms with van der Waals surface area (Å²) in [5, 5.41) is 2.83. The molecule has 1 unspecified atom stereocenters. The Bertz CT molecular complexity index is 368. The van der Waals surface area contributed by atoms with Crippen LogP contribution in [0.3, 0.4) is 0 Å². The van der Waals surface area contributed by atoms with Gasteiger partial charge in [0.05, 0.1) is 5.56 Å². The van der Waals surface area contributed by atoms with Gasteiger partial charge in [0.15, 0.2) is 0 Å². The first kappa shape index (κ1) is 10.4. The lowest BCUT2D eigenvalue weighted by Gasteiger charge is -2.30. The molecular formula is C10H9F4N. The van der Waals surface area contributed by atoms with E-state index in [1.807, 2.05) is 0 Å². The molecule has 0 spiro atoms. The van der Waals surface area contributed by atoms with E-state index in [4.69, 9.17) is 0 Å². The molecule has 0 aliphatic carbocycles. The molecule has 0 amide bonds. The Morgan fingerprint density at radius 1 is 1.27 bits per heavy atom. The molecule has 0 aromatic heterocycles. The highest BCUT2D eigenvalue weighted by Gasteiger charge is 2.36. The Morgan fingerprint density at radius 2 is 1.93 bits per heavy atom. The minimum Gasteiger partial charge on any atom is -0.310 e. The van der Waals surface area contributed by atoms with Gasteiger partial charge in [-0.1, -0.05) is 0 Å². The number of halogens is 4. The number of hydrogen-bond acceptors (Lipinski definition) is 1. The molecule has 0 saturated carbocycles. The molecule has 1 fully saturated rings. The van der Waals surface area contributed by atoms with Gasteiger partial charge in [0.25, 0.3) is 0 Å². The van der Waals surface area contributed by atoms with Gasteiger partial charge in [-0.2, -0.15) is 13.2 Å². The quantitative estimate of drug-likeness (QED) is 0.716. The monoisotopic (exact) mass is 219 g/mol. The van der Waals surface area contributed by atoms with E-state index in [-0.39, 0.29) is 11.6 Å². The van der Waals surface area contributed by atoms with Crippen molar-refractivity contribution >= 4 is 0 Å². The summed E-state index contributed by atoms with van der Waals surface area (Å²) in [6.45, 7) is 0.679. The van der Waals surface area contributed by atoms with Crippen molar-refractivity contribution in [1.82, 2.24) is 5.32 Å². The van der Waals surface area contributed by atoms with Gasteiger partial charge in [0, 0.05) is 6.04 Å².